The molecule has 4 saturated carbocycles. The van der Waals surface area contributed by atoms with Crippen molar-refractivity contribution in [3.8, 4) is 34.3 Å². The number of carbonyl (C=O) groups excluding carboxylic acids is 1. The van der Waals surface area contributed by atoms with E-state index in [0.717, 1.165) is 57.4 Å². The van der Waals surface area contributed by atoms with E-state index in [1.54, 1.807) is 0 Å². The fraction of sp³-hybridized carbons (Fsp3) is 0.578. The minimum absolute atomic E-state index is 0.0296. The second kappa shape index (κ2) is 12.6. The third-order valence-corrected chi connectivity index (χ3v) is 16.2. The van der Waals surface area contributed by atoms with Gasteiger partial charge in [0.2, 0.25) is 11.2 Å². The molecule has 6 N–H and O–H groups in total. The zero-order valence-corrected chi connectivity index (χ0v) is 33.0. The summed E-state index contributed by atoms with van der Waals surface area (Å²) in [6.07, 6.45) is 9.95. The number of aliphatic hydroxyl groups excluding tert-OH is 1. The van der Waals surface area contributed by atoms with Crippen LogP contribution in [0.25, 0.3) is 22.3 Å². The highest BCUT2D eigenvalue weighted by Crippen LogP contribution is 2.75. The number of carboxylic acid groups (broad SMARTS) is 1. The van der Waals surface area contributed by atoms with Gasteiger partial charge in [-0.05, 0) is 140 Å². The predicted molar refractivity (Wildman–Crippen MR) is 208 cm³/mol. The number of fused-ring (bicyclic) bond motifs is 8. The lowest BCUT2D eigenvalue weighted by atomic mass is 9.33. The molecule has 3 aromatic rings. The second-order valence-electron chi connectivity index (χ2n) is 19.4. The van der Waals surface area contributed by atoms with E-state index in [9.17, 15) is 45.0 Å². The van der Waals surface area contributed by atoms with Crippen LogP contribution in [0.3, 0.4) is 0 Å². The third-order valence-electron chi connectivity index (χ3n) is 16.2. The molecule has 2 aromatic carbocycles. The molecular formula is C45H56O10. The Hall–Kier alpha value is -4.31. The van der Waals surface area contributed by atoms with Crippen molar-refractivity contribution in [2.45, 2.75) is 112 Å². The highest BCUT2D eigenvalue weighted by molar-refractivity contribution is 5.95. The van der Waals surface area contributed by atoms with Crippen molar-refractivity contribution >= 4 is 22.7 Å². The summed E-state index contributed by atoms with van der Waals surface area (Å²) < 4.78 is 5.43. The summed E-state index contributed by atoms with van der Waals surface area (Å²) in [5.41, 5.74) is -0.202. The molecule has 10 heteroatoms. The standard InChI is InChI=1S/C30H46O4.C15H10O6/c1-25(2)21-8-11-30(7)23(28(21,5)10-9-22(25)32)20(31)16-18-19-17-27(4,24(33)34)13-12-26(19,3)14-15-29(18,30)6;16-8-2-3-9-12(6-8)21-15(14(20)13(9)19)7-1-4-10(17)11(18)5-7/h16,19,21-23,32H,8-15,17H2,1-7H3,(H,33,34);1-6,16-18,20H. The van der Waals surface area contributed by atoms with E-state index in [1.165, 1.54) is 35.9 Å². The molecule has 1 heterocycles. The number of ketones is 1. The quantitative estimate of drug-likeness (QED) is 0.138. The monoisotopic (exact) mass is 756 g/mol. The van der Waals surface area contributed by atoms with Crippen LogP contribution >= 0.6 is 0 Å². The molecule has 0 spiro atoms. The summed E-state index contributed by atoms with van der Waals surface area (Å²) in [6, 6.07) is 7.64. The lowest BCUT2D eigenvalue weighted by Gasteiger charge is -2.70. The van der Waals surface area contributed by atoms with Crippen molar-refractivity contribution in [1.29, 1.82) is 0 Å². The average Bonchev–Trinajstić information content (AvgIpc) is 3.11. The number of hydrogen-bond acceptors (Lipinski definition) is 9. The molecule has 5 aliphatic carbocycles. The maximum Gasteiger partial charge on any atom is 0.309 e. The molecule has 0 saturated heterocycles. The fourth-order valence-electron chi connectivity index (χ4n) is 12.4. The predicted octanol–water partition coefficient (Wildman–Crippen LogP) is 8.70. The van der Waals surface area contributed by atoms with Gasteiger partial charge >= 0.3 is 5.97 Å². The number of rotatable bonds is 2. The maximum absolute atomic E-state index is 14.2. The minimum atomic E-state index is -0.711. The highest BCUT2D eigenvalue weighted by atomic mass is 16.4. The minimum Gasteiger partial charge on any atom is -0.508 e. The number of aliphatic hydroxyl groups is 1. The van der Waals surface area contributed by atoms with Crippen LogP contribution in [-0.2, 0) is 9.59 Å². The van der Waals surface area contributed by atoms with Gasteiger partial charge in [-0.15, -0.1) is 0 Å². The Morgan fingerprint density at radius 1 is 0.800 bits per heavy atom. The van der Waals surface area contributed by atoms with Crippen molar-refractivity contribution in [3.05, 3.63) is 58.3 Å². The van der Waals surface area contributed by atoms with E-state index in [1.807, 2.05) is 13.0 Å². The number of aliphatic carboxylic acids is 1. The highest BCUT2D eigenvalue weighted by Gasteiger charge is 2.70. The zero-order valence-electron chi connectivity index (χ0n) is 33.0. The summed E-state index contributed by atoms with van der Waals surface area (Å²) in [4.78, 5) is 38.5. The molecule has 0 amide bonds. The first-order valence-electron chi connectivity index (χ1n) is 19.7. The van der Waals surface area contributed by atoms with Crippen molar-refractivity contribution in [1.82, 2.24) is 0 Å². The van der Waals surface area contributed by atoms with E-state index >= 15 is 0 Å². The number of benzene rings is 2. The van der Waals surface area contributed by atoms with Gasteiger partial charge in [-0.1, -0.05) is 47.1 Å². The number of aromatic hydroxyl groups is 4. The van der Waals surface area contributed by atoms with E-state index in [2.05, 4.69) is 41.5 Å². The molecule has 0 radical (unpaired) electrons. The Labute approximate surface area is 321 Å². The van der Waals surface area contributed by atoms with Gasteiger partial charge < -0.3 is 35.1 Å². The van der Waals surface area contributed by atoms with E-state index < -0.39 is 28.3 Å². The Balaban J connectivity index is 0.000000190. The fourth-order valence-corrected chi connectivity index (χ4v) is 12.4. The van der Waals surface area contributed by atoms with E-state index in [-0.39, 0.29) is 84.6 Å². The largest absolute Gasteiger partial charge is 0.508 e. The van der Waals surface area contributed by atoms with Crippen LogP contribution in [0.1, 0.15) is 106 Å². The second-order valence-corrected chi connectivity index (χ2v) is 19.4. The molecule has 1 aromatic heterocycles. The Kier molecular flexibility index (Phi) is 8.92. The van der Waals surface area contributed by atoms with Gasteiger partial charge in [0, 0.05) is 17.5 Å². The van der Waals surface area contributed by atoms with Crippen LogP contribution in [0.2, 0.25) is 0 Å². The summed E-state index contributed by atoms with van der Waals surface area (Å²) >= 11 is 0. The topological polar surface area (TPSA) is 186 Å². The molecule has 55 heavy (non-hydrogen) atoms. The van der Waals surface area contributed by atoms with E-state index in [0.29, 0.717) is 12.3 Å². The third kappa shape index (κ3) is 5.63. The van der Waals surface area contributed by atoms with Gasteiger partial charge in [0.05, 0.1) is 16.9 Å². The van der Waals surface area contributed by atoms with Crippen LogP contribution in [0.5, 0.6) is 23.0 Å². The summed E-state index contributed by atoms with van der Waals surface area (Å²) in [7, 11) is 0. The Morgan fingerprint density at radius 2 is 1.49 bits per heavy atom. The number of carboxylic acids is 1. The SMILES string of the molecule is CC1(C(=O)O)CCC2(C)CCC3(C)C(=CC(=O)C4C5(C)CCC(O)C(C)(C)C5CCC43C)C2C1.O=c1c(O)c(-c2ccc(O)c(O)c2)oc2cc(O)ccc12. The zero-order chi connectivity index (χ0) is 40.3. The maximum atomic E-state index is 14.2. The van der Waals surface area contributed by atoms with Crippen molar-refractivity contribution in [2.24, 2.45) is 50.2 Å². The molecule has 5 aliphatic rings. The summed E-state index contributed by atoms with van der Waals surface area (Å²) in [5, 5.41) is 59.2. The first kappa shape index (κ1) is 38.9. The van der Waals surface area contributed by atoms with Crippen LogP contribution in [-0.4, -0.2) is 48.5 Å². The number of hydrogen-bond donors (Lipinski definition) is 6. The van der Waals surface area contributed by atoms with Crippen molar-refractivity contribution in [3.63, 3.8) is 0 Å². The summed E-state index contributed by atoms with van der Waals surface area (Å²) in [6.45, 7) is 15.8. The van der Waals surface area contributed by atoms with Crippen LogP contribution in [0, 0.1) is 50.2 Å². The van der Waals surface area contributed by atoms with Crippen LogP contribution in [0.15, 0.2) is 57.3 Å². The molecular weight excluding hydrogens is 700 g/mol. The molecule has 4 fully saturated rings. The molecule has 9 atom stereocenters. The van der Waals surface area contributed by atoms with Gasteiger partial charge in [-0.3, -0.25) is 14.4 Å². The van der Waals surface area contributed by atoms with Gasteiger partial charge in [-0.2, -0.15) is 0 Å². The van der Waals surface area contributed by atoms with Gasteiger partial charge in [0.1, 0.15) is 11.3 Å². The van der Waals surface area contributed by atoms with Crippen molar-refractivity contribution in [2.75, 3.05) is 0 Å². The lowest BCUT2D eigenvalue weighted by Crippen LogP contribution is -2.66. The number of carbonyl (C=O) groups is 2. The molecule has 296 valence electrons. The molecule has 9 unspecified atom stereocenters. The van der Waals surface area contributed by atoms with E-state index in [4.69, 9.17) is 4.42 Å². The Bertz CT molecular complexity index is 2180. The average molecular weight is 757 g/mol. The first-order chi connectivity index (χ1) is 25.5. The normalized spacial score (nSPS) is 37.6. The van der Waals surface area contributed by atoms with Gasteiger partial charge in [0.25, 0.3) is 0 Å². The van der Waals surface area contributed by atoms with Gasteiger partial charge in [-0.25, -0.2) is 0 Å². The van der Waals surface area contributed by atoms with Crippen molar-refractivity contribution < 1.29 is 44.6 Å². The lowest BCUT2D eigenvalue weighted by molar-refractivity contribution is -0.202. The molecule has 10 nitrogen and oxygen atoms in total. The molecule has 8 rings (SSSR count). The number of phenols is 3. The smallest absolute Gasteiger partial charge is 0.309 e. The first-order valence-corrected chi connectivity index (χ1v) is 19.7. The number of phenolic OH excluding ortho intramolecular Hbond substituents is 3. The molecule has 0 aliphatic heterocycles. The van der Waals surface area contributed by atoms with Crippen LogP contribution in [0.4, 0.5) is 0 Å². The number of allylic oxidation sites excluding steroid dienone is 2. The summed E-state index contributed by atoms with van der Waals surface area (Å²) in [5.74, 6) is -1.54. The van der Waals surface area contributed by atoms with Crippen LogP contribution < -0.4 is 5.43 Å². The molecule has 0 bridgehead atoms. The van der Waals surface area contributed by atoms with Gasteiger partial charge in [0.15, 0.2) is 23.0 Å². The Morgan fingerprint density at radius 3 is 2.16 bits per heavy atom.